The van der Waals surface area contributed by atoms with Crippen molar-refractivity contribution in [1.82, 2.24) is 0 Å². The average molecular weight is 497 g/mol. The quantitative estimate of drug-likeness (QED) is 0.314. The lowest BCUT2D eigenvalue weighted by Crippen LogP contribution is -2.39. The summed E-state index contributed by atoms with van der Waals surface area (Å²) in [7, 11) is 0. The largest absolute Gasteiger partial charge is 0.494 e. The highest BCUT2D eigenvalue weighted by Crippen LogP contribution is 2.34. The van der Waals surface area contributed by atoms with E-state index >= 15 is 0 Å². The van der Waals surface area contributed by atoms with E-state index in [9.17, 15) is 9.59 Å². The maximum Gasteiger partial charge on any atom is 0.265 e. The first-order chi connectivity index (χ1) is 16.5. The van der Waals surface area contributed by atoms with E-state index in [1.54, 1.807) is 65.6 Å². The molecule has 6 nitrogen and oxygen atoms in total. The zero-order chi connectivity index (χ0) is 23.9. The van der Waals surface area contributed by atoms with Crippen LogP contribution >= 0.6 is 23.2 Å². The van der Waals surface area contributed by atoms with Crippen LogP contribution in [0.2, 0.25) is 10.0 Å². The van der Waals surface area contributed by atoms with Gasteiger partial charge in [0.15, 0.2) is 6.61 Å². The Morgan fingerprint density at radius 2 is 1.74 bits per heavy atom. The minimum atomic E-state index is -0.291. The number of anilines is 2. The molecule has 0 aromatic heterocycles. The van der Waals surface area contributed by atoms with Gasteiger partial charge in [0.2, 0.25) is 5.91 Å². The summed E-state index contributed by atoms with van der Waals surface area (Å²) in [5, 5.41) is 4.10. The van der Waals surface area contributed by atoms with E-state index in [0.29, 0.717) is 46.7 Å². The third-order valence-corrected chi connectivity index (χ3v) is 5.58. The van der Waals surface area contributed by atoms with Gasteiger partial charge in [-0.3, -0.25) is 9.59 Å². The molecule has 1 aliphatic heterocycles. The van der Waals surface area contributed by atoms with Gasteiger partial charge in [0, 0.05) is 28.4 Å². The van der Waals surface area contributed by atoms with Gasteiger partial charge < -0.3 is 19.7 Å². The number of carbonyl (C=O) groups excluding carboxylic acids is 2. The molecular weight excluding hydrogens is 475 g/mol. The number of hydrogen-bond donors (Lipinski definition) is 1. The molecule has 1 N–H and O–H groups in total. The smallest absolute Gasteiger partial charge is 0.265 e. The normalized spacial score (nSPS) is 12.9. The Morgan fingerprint density at radius 1 is 1.03 bits per heavy atom. The van der Waals surface area contributed by atoms with Gasteiger partial charge in [0.05, 0.1) is 12.3 Å². The van der Waals surface area contributed by atoms with Crippen LogP contribution in [0.4, 0.5) is 11.4 Å². The number of hydrogen-bond acceptors (Lipinski definition) is 4. The second kappa shape index (κ2) is 11.1. The molecule has 0 saturated carbocycles. The third-order valence-electron chi connectivity index (χ3n) is 5.08. The summed E-state index contributed by atoms with van der Waals surface area (Å²) in [6.07, 6.45) is 3.76. The SMILES string of the molecule is O=C(/C=C/c1ccc(Cl)cc1)Nc1ccc2c(c1)N(CCCOc1ccc(Cl)cc1)C(=O)CO2. The van der Waals surface area contributed by atoms with E-state index in [-0.39, 0.29) is 18.4 Å². The fraction of sp³-hybridized carbons (Fsp3) is 0.154. The Labute approximate surface area is 207 Å². The Balaban J connectivity index is 1.37. The van der Waals surface area contributed by atoms with Crippen LogP contribution in [0.1, 0.15) is 12.0 Å². The first kappa shape index (κ1) is 23.7. The molecule has 0 fully saturated rings. The number of benzene rings is 3. The van der Waals surface area contributed by atoms with Crippen LogP contribution in [0, 0.1) is 0 Å². The van der Waals surface area contributed by atoms with Gasteiger partial charge in [-0.05, 0) is 72.7 Å². The number of fused-ring (bicyclic) bond motifs is 1. The van der Waals surface area contributed by atoms with Crippen LogP contribution < -0.4 is 19.7 Å². The molecule has 34 heavy (non-hydrogen) atoms. The van der Waals surface area contributed by atoms with Gasteiger partial charge in [-0.1, -0.05) is 35.3 Å². The molecule has 0 aliphatic carbocycles. The number of halogens is 2. The number of rotatable bonds is 8. The van der Waals surface area contributed by atoms with Crippen molar-refractivity contribution in [2.24, 2.45) is 0 Å². The van der Waals surface area contributed by atoms with Crippen molar-refractivity contribution in [3.8, 4) is 11.5 Å². The first-order valence-corrected chi connectivity index (χ1v) is 11.4. The van der Waals surface area contributed by atoms with E-state index in [2.05, 4.69) is 5.32 Å². The molecular formula is C26H22Cl2N2O4. The van der Waals surface area contributed by atoms with Crippen LogP contribution in [0.25, 0.3) is 6.08 Å². The van der Waals surface area contributed by atoms with Crippen molar-refractivity contribution in [2.75, 3.05) is 30.0 Å². The summed E-state index contributed by atoms with van der Waals surface area (Å²) >= 11 is 11.8. The van der Waals surface area contributed by atoms with Gasteiger partial charge in [-0.25, -0.2) is 0 Å². The first-order valence-electron chi connectivity index (χ1n) is 10.7. The zero-order valence-electron chi connectivity index (χ0n) is 18.2. The van der Waals surface area contributed by atoms with Gasteiger partial charge in [0.1, 0.15) is 11.5 Å². The molecule has 3 aromatic rings. The average Bonchev–Trinajstić information content (AvgIpc) is 2.83. The molecule has 8 heteroatoms. The molecule has 3 aromatic carbocycles. The highest BCUT2D eigenvalue weighted by molar-refractivity contribution is 6.30. The van der Waals surface area contributed by atoms with Crippen molar-refractivity contribution in [1.29, 1.82) is 0 Å². The fourth-order valence-electron chi connectivity index (χ4n) is 3.40. The molecule has 1 heterocycles. The number of carbonyl (C=O) groups is 2. The number of nitrogens with zero attached hydrogens (tertiary/aromatic N) is 1. The predicted molar refractivity (Wildman–Crippen MR) is 135 cm³/mol. The maximum absolute atomic E-state index is 12.5. The molecule has 4 rings (SSSR count). The van der Waals surface area contributed by atoms with Gasteiger partial charge >= 0.3 is 0 Å². The van der Waals surface area contributed by atoms with Crippen molar-refractivity contribution >= 4 is 52.5 Å². The molecule has 174 valence electrons. The second-order valence-corrected chi connectivity index (χ2v) is 8.42. The summed E-state index contributed by atoms with van der Waals surface area (Å²) in [4.78, 5) is 26.5. The topological polar surface area (TPSA) is 67.9 Å². The Kier molecular flexibility index (Phi) is 7.72. The summed E-state index contributed by atoms with van der Waals surface area (Å²) in [6.45, 7) is 0.866. The van der Waals surface area contributed by atoms with E-state index in [1.165, 1.54) is 6.08 Å². The monoisotopic (exact) mass is 496 g/mol. The van der Waals surface area contributed by atoms with E-state index < -0.39 is 0 Å². The van der Waals surface area contributed by atoms with Crippen LogP contribution in [0.3, 0.4) is 0 Å². The van der Waals surface area contributed by atoms with E-state index in [4.69, 9.17) is 32.7 Å². The predicted octanol–water partition coefficient (Wildman–Crippen LogP) is 5.84. The standard InChI is InChI=1S/C26H22Cl2N2O4/c27-19-5-2-18(3-6-19)4-13-25(31)29-21-9-12-24-23(16-21)30(26(32)17-34-24)14-1-15-33-22-10-7-20(28)8-11-22/h2-13,16H,1,14-15,17H2,(H,29,31)/b13-4+. The number of nitrogens with one attached hydrogen (secondary N) is 1. The molecule has 0 radical (unpaired) electrons. The van der Waals surface area contributed by atoms with Crippen molar-refractivity contribution in [3.63, 3.8) is 0 Å². The second-order valence-electron chi connectivity index (χ2n) is 7.55. The van der Waals surface area contributed by atoms with Gasteiger partial charge in [-0.15, -0.1) is 0 Å². The van der Waals surface area contributed by atoms with Crippen LogP contribution in [-0.4, -0.2) is 31.6 Å². The summed E-state index contributed by atoms with van der Waals surface area (Å²) in [5.41, 5.74) is 2.03. The molecule has 0 saturated heterocycles. The highest BCUT2D eigenvalue weighted by Gasteiger charge is 2.25. The molecule has 0 spiro atoms. The zero-order valence-corrected chi connectivity index (χ0v) is 19.7. The maximum atomic E-state index is 12.5. The Morgan fingerprint density at radius 3 is 2.47 bits per heavy atom. The molecule has 2 amide bonds. The molecule has 1 aliphatic rings. The lowest BCUT2D eigenvalue weighted by atomic mass is 10.2. The molecule has 0 atom stereocenters. The Hall–Kier alpha value is -3.48. The van der Waals surface area contributed by atoms with Gasteiger partial charge in [0.25, 0.3) is 5.91 Å². The van der Waals surface area contributed by atoms with Crippen molar-refractivity contribution in [2.45, 2.75) is 6.42 Å². The lowest BCUT2D eigenvalue weighted by molar-refractivity contribution is -0.121. The minimum absolute atomic E-state index is 0.0272. The molecule has 0 unspecified atom stereocenters. The number of amides is 2. The van der Waals surface area contributed by atoms with Crippen LogP contribution in [0.5, 0.6) is 11.5 Å². The van der Waals surface area contributed by atoms with Crippen molar-refractivity contribution < 1.29 is 19.1 Å². The van der Waals surface area contributed by atoms with Gasteiger partial charge in [-0.2, -0.15) is 0 Å². The minimum Gasteiger partial charge on any atom is -0.494 e. The fourth-order valence-corrected chi connectivity index (χ4v) is 3.65. The van der Waals surface area contributed by atoms with E-state index in [0.717, 1.165) is 11.3 Å². The lowest BCUT2D eigenvalue weighted by Gasteiger charge is -2.29. The summed E-state index contributed by atoms with van der Waals surface area (Å²) < 4.78 is 11.3. The summed E-state index contributed by atoms with van der Waals surface area (Å²) in [6, 6.07) is 19.5. The van der Waals surface area contributed by atoms with Crippen LogP contribution in [-0.2, 0) is 9.59 Å². The Bertz CT molecular complexity index is 1190. The molecule has 0 bridgehead atoms. The number of ether oxygens (including phenoxy) is 2. The third kappa shape index (κ3) is 6.31. The van der Waals surface area contributed by atoms with E-state index in [1.807, 2.05) is 12.1 Å². The van der Waals surface area contributed by atoms with Crippen LogP contribution in [0.15, 0.2) is 72.8 Å². The summed E-state index contributed by atoms with van der Waals surface area (Å²) in [5.74, 6) is 0.869. The van der Waals surface area contributed by atoms with Crippen molar-refractivity contribution in [3.05, 3.63) is 88.4 Å². The highest BCUT2D eigenvalue weighted by atomic mass is 35.5.